The Morgan fingerprint density at radius 3 is 2.70 bits per heavy atom. The van der Waals surface area contributed by atoms with E-state index in [-0.39, 0.29) is 12.0 Å². The van der Waals surface area contributed by atoms with E-state index in [9.17, 15) is 4.79 Å². The van der Waals surface area contributed by atoms with Crippen LogP contribution < -0.4 is 9.64 Å². The van der Waals surface area contributed by atoms with Gasteiger partial charge >= 0.3 is 0 Å². The molecule has 5 nitrogen and oxygen atoms in total. The van der Waals surface area contributed by atoms with Crippen LogP contribution in [-0.2, 0) is 11.2 Å². The van der Waals surface area contributed by atoms with Crippen LogP contribution in [0.1, 0.15) is 44.1 Å². The molecule has 0 N–H and O–H groups in total. The number of carbonyl (C=O) groups excluding carboxylic acids is 1. The molecule has 0 radical (unpaired) electrons. The zero-order chi connectivity index (χ0) is 20.8. The smallest absolute Gasteiger partial charge is 0.230 e. The fourth-order valence-electron chi connectivity index (χ4n) is 4.81. The molecule has 1 fully saturated rings. The van der Waals surface area contributed by atoms with Crippen molar-refractivity contribution in [1.29, 1.82) is 0 Å². The van der Waals surface area contributed by atoms with E-state index in [1.807, 2.05) is 18.2 Å². The quantitative estimate of drug-likeness (QED) is 0.686. The summed E-state index contributed by atoms with van der Waals surface area (Å²) in [6.45, 7) is 2.26. The Labute approximate surface area is 180 Å². The molecule has 1 aromatic carbocycles. The summed E-state index contributed by atoms with van der Waals surface area (Å²) in [6.07, 6.45) is 9.50. The number of likely N-dealkylation sites (N-methyl/N-ethyl adjacent to an activating group) is 1. The van der Waals surface area contributed by atoms with Gasteiger partial charge in [-0.15, -0.1) is 0 Å². The van der Waals surface area contributed by atoms with Crippen LogP contribution in [0.2, 0.25) is 0 Å². The molecule has 2 aliphatic rings. The lowest BCUT2D eigenvalue weighted by atomic mass is 9.86. The van der Waals surface area contributed by atoms with Crippen molar-refractivity contribution < 1.29 is 9.53 Å². The molecule has 30 heavy (non-hydrogen) atoms. The summed E-state index contributed by atoms with van der Waals surface area (Å²) < 4.78 is 5.76. The number of hydrogen-bond acceptors (Lipinski definition) is 4. The molecular formula is C25H33N3O2. The predicted molar refractivity (Wildman–Crippen MR) is 120 cm³/mol. The third-order valence-electron chi connectivity index (χ3n) is 6.44. The van der Waals surface area contributed by atoms with Crippen LogP contribution in [0.3, 0.4) is 0 Å². The first-order chi connectivity index (χ1) is 14.7. The first kappa shape index (κ1) is 20.9. The van der Waals surface area contributed by atoms with Crippen LogP contribution >= 0.6 is 0 Å². The SMILES string of the molecule is CN(CCOc1ccccn1)CC1CCc2ccccc2N1C(=O)C1CCCCC1. The second-order valence-electron chi connectivity index (χ2n) is 8.64. The standard InChI is InChI=1S/C25H33N3O2/c1-27(17-18-30-24-13-7-8-16-26-24)19-22-15-14-20-9-5-6-12-23(20)28(22)25(29)21-10-3-2-4-11-21/h5-9,12-13,16,21-22H,2-4,10-11,14-15,17-19H2,1H3. The van der Waals surface area contributed by atoms with E-state index >= 15 is 0 Å². The zero-order valence-electron chi connectivity index (χ0n) is 18.0. The Hall–Kier alpha value is -2.40. The van der Waals surface area contributed by atoms with Crippen LogP contribution in [0.25, 0.3) is 0 Å². The van der Waals surface area contributed by atoms with Gasteiger partial charge in [0.05, 0.1) is 0 Å². The fourth-order valence-corrected chi connectivity index (χ4v) is 4.81. The highest BCUT2D eigenvalue weighted by Crippen LogP contribution is 2.35. The van der Waals surface area contributed by atoms with Crippen molar-refractivity contribution in [3.8, 4) is 5.88 Å². The Bertz CT molecular complexity index is 820. The first-order valence-electron chi connectivity index (χ1n) is 11.4. The number of hydrogen-bond donors (Lipinski definition) is 0. The number of amides is 1. The van der Waals surface area contributed by atoms with Crippen molar-refractivity contribution in [1.82, 2.24) is 9.88 Å². The topological polar surface area (TPSA) is 45.7 Å². The number of fused-ring (bicyclic) bond motifs is 1. The lowest BCUT2D eigenvalue weighted by Gasteiger charge is -2.41. The molecule has 2 aromatic rings. The summed E-state index contributed by atoms with van der Waals surface area (Å²) in [4.78, 5) is 22.2. The van der Waals surface area contributed by atoms with E-state index in [2.05, 4.69) is 46.1 Å². The van der Waals surface area contributed by atoms with E-state index in [1.165, 1.54) is 24.8 Å². The van der Waals surface area contributed by atoms with Crippen LogP contribution in [-0.4, -0.2) is 48.6 Å². The zero-order valence-corrected chi connectivity index (χ0v) is 18.0. The number of carbonyl (C=O) groups is 1. The molecule has 0 bridgehead atoms. The van der Waals surface area contributed by atoms with E-state index in [0.29, 0.717) is 18.4 Å². The van der Waals surface area contributed by atoms with Gasteiger partial charge in [-0.1, -0.05) is 43.5 Å². The number of pyridine rings is 1. The Morgan fingerprint density at radius 2 is 1.90 bits per heavy atom. The van der Waals surface area contributed by atoms with Gasteiger partial charge in [0.1, 0.15) is 6.61 Å². The van der Waals surface area contributed by atoms with E-state index < -0.39 is 0 Å². The molecule has 1 aliphatic carbocycles. The minimum Gasteiger partial charge on any atom is -0.476 e. The van der Waals surface area contributed by atoms with Crippen molar-refractivity contribution in [3.05, 3.63) is 54.2 Å². The molecule has 0 spiro atoms. The largest absolute Gasteiger partial charge is 0.476 e. The van der Waals surface area contributed by atoms with Crippen LogP contribution in [0.4, 0.5) is 5.69 Å². The summed E-state index contributed by atoms with van der Waals surface area (Å²) in [6, 6.07) is 14.4. The third kappa shape index (κ3) is 5.01. The maximum absolute atomic E-state index is 13.6. The molecule has 1 aliphatic heterocycles. The van der Waals surface area contributed by atoms with Gasteiger partial charge in [0, 0.05) is 43.0 Å². The van der Waals surface area contributed by atoms with Crippen LogP contribution in [0, 0.1) is 5.92 Å². The highest BCUT2D eigenvalue weighted by molar-refractivity contribution is 5.97. The van der Waals surface area contributed by atoms with Crippen molar-refractivity contribution in [2.45, 2.75) is 51.0 Å². The highest BCUT2D eigenvalue weighted by Gasteiger charge is 2.35. The number of anilines is 1. The number of aromatic nitrogens is 1. The molecule has 2 heterocycles. The molecule has 1 saturated carbocycles. The number of nitrogens with zero attached hydrogens (tertiary/aromatic N) is 3. The summed E-state index contributed by atoms with van der Waals surface area (Å²) in [7, 11) is 2.12. The Morgan fingerprint density at radius 1 is 1.10 bits per heavy atom. The summed E-state index contributed by atoms with van der Waals surface area (Å²) in [5, 5.41) is 0. The van der Waals surface area contributed by atoms with Gasteiger partial charge in [-0.2, -0.15) is 0 Å². The second kappa shape index (κ2) is 10.1. The van der Waals surface area contributed by atoms with Crippen molar-refractivity contribution >= 4 is 11.6 Å². The van der Waals surface area contributed by atoms with Gasteiger partial charge in [0.25, 0.3) is 0 Å². The molecule has 4 rings (SSSR count). The van der Waals surface area contributed by atoms with E-state index in [4.69, 9.17) is 4.74 Å². The van der Waals surface area contributed by atoms with Gasteiger partial charge in [0.2, 0.25) is 11.8 Å². The van der Waals surface area contributed by atoms with Gasteiger partial charge in [0.15, 0.2) is 0 Å². The summed E-state index contributed by atoms with van der Waals surface area (Å²) >= 11 is 0. The summed E-state index contributed by atoms with van der Waals surface area (Å²) in [5.41, 5.74) is 2.43. The summed E-state index contributed by atoms with van der Waals surface area (Å²) in [5.74, 6) is 1.18. The molecule has 1 aromatic heterocycles. The number of aryl methyl sites for hydroxylation is 1. The fraction of sp³-hybridized carbons (Fsp3) is 0.520. The monoisotopic (exact) mass is 407 g/mol. The molecule has 1 amide bonds. The lowest BCUT2D eigenvalue weighted by Crippen LogP contribution is -2.51. The molecule has 160 valence electrons. The van der Waals surface area contributed by atoms with E-state index in [1.54, 1.807) is 6.20 Å². The average Bonchev–Trinajstić information content (AvgIpc) is 2.80. The molecule has 0 saturated heterocycles. The van der Waals surface area contributed by atoms with Crippen molar-refractivity contribution in [2.75, 3.05) is 31.6 Å². The molecule has 1 unspecified atom stereocenters. The second-order valence-corrected chi connectivity index (χ2v) is 8.64. The first-order valence-corrected chi connectivity index (χ1v) is 11.4. The van der Waals surface area contributed by atoms with Crippen LogP contribution in [0.15, 0.2) is 48.7 Å². The van der Waals surface area contributed by atoms with E-state index in [0.717, 1.165) is 44.5 Å². The number of para-hydroxylation sites is 1. The van der Waals surface area contributed by atoms with Crippen molar-refractivity contribution in [2.24, 2.45) is 5.92 Å². The Balaban J connectivity index is 1.42. The minimum absolute atomic E-state index is 0.185. The Kier molecular flexibility index (Phi) is 7.00. The maximum atomic E-state index is 13.6. The normalized spacial score (nSPS) is 19.5. The van der Waals surface area contributed by atoms with Crippen LogP contribution in [0.5, 0.6) is 5.88 Å². The van der Waals surface area contributed by atoms with Gasteiger partial charge in [-0.05, 0) is 50.4 Å². The molecule has 5 heteroatoms. The number of ether oxygens (including phenoxy) is 1. The molecule has 1 atom stereocenters. The maximum Gasteiger partial charge on any atom is 0.230 e. The third-order valence-corrected chi connectivity index (χ3v) is 6.44. The van der Waals surface area contributed by atoms with Gasteiger partial charge in [-0.3, -0.25) is 4.79 Å². The number of benzene rings is 1. The minimum atomic E-state index is 0.185. The lowest BCUT2D eigenvalue weighted by molar-refractivity contribution is -0.124. The highest BCUT2D eigenvalue weighted by atomic mass is 16.5. The van der Waals surface area contributed by atoms with Crippen molar-refractivity contribution in [3.63, 3.8) is 0 Å². The molecular weight excluding hydrogens is 374 g/mol. The average molecular weight is 408 g/mol. The van der Waals surface area contributed by atoms with Gasteiger partial charge < -0.3 is 14.5 Å². The predicted octanol–water partition coefficient (Wildman–Crippen LogP) is 4.32. The number of rotatable bonds is 7. The van der Waals surface area contributed by atoms with Gasteiger partial charge in [-0.25, -0.2) is 4.98 Å².